The number of hydrogen-bond acceptors (Lipinski definition) is 5. The van der Waals surface area contributed by atoms with Gasteiger partial charge >= 0.3 is 0 Å². The first-order chi connectivity index (χ1) is 14.5. The van der Waals surface area contributed by atoms with Crippen molar-refractivity contribution >= 4 is 11.6 Å². The Morgan fingerprint density at radius 1 is 1.17 bits per heavy atom. The molecule has 4 rings (SSSR count). The normalized spacial score (nSPS) is 17.0. The van der Waals surface area contributed by atoms with Crippen LogP contribution in [0.1, 0.15) is 40.4 Å². The molecule has 1 aromatic heterocycles. The van der Waals surface area contributed by atoms with Crippen molar-refractivity contribution in [2.45, 2.75) is 25.3 Å². The van der Waals surface area contributed by atoms with Crippen molar-refractivity contribution < 1.29 is 9.72 Å². The number of benzene rings is 2. The molecule has 0 spiro atoms. The minimum absolute atomic E-state index is 0.0361. The smallest absolute Gasteiger partial charge is 0.273 e. The van der Waals surface area contributed by atoms with Gasteiger partial charge in [0.1, 0.15) is 0 Å². The van der Waals surface area contributed by atoms with Gasteiger partial charge in [0.15, 0.2) is 0 Å². The van der Waals surface area contributed by atoms with E-state index in [1.807, 2.05) is 36.4 Å². The average molecular weight is 405 g/mol. The molecule has 0 bridgehead atoms. The monoisotopic (exact) mass is 405 g/mol. The highest BCUT2D eigenvalue weighted by atomic mass is 16.6. The van der Waals surface area contributed by atoms with Crippen LogP contribution in [0.5, 0.6) is 0 Å². The summed E-state index contributed by atoms with van der Waals surface area (Å²) in [4.78, 5) is 25.3. The molecule has 1 saturated heterocycles. The van der Waals surface area contributed by atoms with Gasteiger partial charge in [-0.05, 0) is 31.5 Å². The van der Waals surface area contributed by atoms with Gasteiger partial charge < -0.3 is 5.73 Å². The van der Waals surface area contributed by atoms with Crippen LogP contribution in [-0.2, 0) is 6.54 Å². The van der Waals surface area contributed by atoms with E-state index in [1.54, 1.807) is 23.0 Å². The Morgan fingerprint density at radius 3 is 2.63 bits per heavy atom. The molecule has 0 saturated carbocycles. The summed E-state index contributed by atoms with van der Waals surface area (Å²) in [5, 5.41) is 16.0. The highest BCUT2D eigenvalue weighted by molar-refractivity contribution is 5.94. The van der Waals surface area contributed by atoms with E-state index in [9.17, 15) is 14.9 Å². The number of piperidine rings is 1. The first kappa shape index (κ1) is 19.8. The lowest BCUT2D eigenvalue weighted by atomic mass is 9.92. The minimum Gasteiger partial charge on any atom is -0.365 e. The molecule has 8 heteroatoms. The van der Waals surface area contributed by atoms with E-state index in [0.29, 0.717) is 29.9 Å². The number of nitrogens with two attached hydrogens (primary N) is 1. The molecule has 0 aliphatic carbocycles. The number of nitro benzene ring substituents is 1. The van der Waals surface area contributed by atoms with Crippen LogP contribution in [0, 0.1) is 10.1 Å². The molecule has 3 aromatic rings. The molecule has 1 unspecified atom stereocenters. The number of amides is 1. The number of nitrogens with zero attached hydrogens (tertiary/aromatic N) is 4. The van der Waals surface area contributed by atoms with Gasteiger partial charge in [0.25, 0.3) is 11.6 Å². The van der Waals surface area contributed by atoms with Gasteiger partial charge in [0.2, 0.25) is 0 Å². The lowest BCUT2D eigenvalue weighted by Crippen LogP contribution is -2.35. The van der Waals surface area contributed by atoms with Crippen LogP contribution in [0.25, 0.3) is 5.69 Å². The summed E-state index contributed by atoms with van der Waals surface area (Å²) in [7, 11) is 0. The number of rotatable bonds is 6. The summed E-state index contributed by atoms with van der Waals surface area (Å²) in [6.45, 7) is 1.99. The maximum Gasteiger partial charge on any atom is 0.273 e. The lowest BCUT2D eigenvalue weighted by Gasteiger charge is -2.32. The molecule has 2 N–H and O–H groups in total. The Bertz CT molecular complexity index is 1060. The van der Waals surface area contributed by atoms with Gasteiger partial charge in [-0.15, -0.1) is 0 Å². The van der Waals surface area contributed by atoms with E-state index in [2.05, 4.69) is 4.90 Å². The Balaban J connectivity index is 1.58. The quantitative estimate of drug-likeness (QED) is 0.500. The Hall–Kier alpha value is -3.52. The second-order valence-corrected chi connectivity index (χ2v) is 7.53. The van der Waals surface area contributed by atoms with Gasteiger partial charge in [0.05, 0.1) is 21.9 Å². The van der Waals surface area contributed by atoms with Crippen molar-refractivity contribution in [3.63, 3.8) is 0 Å². The molecule has 1 fully saturated rings. The zero-order chi connectivity index (χ0) is 21.1. The highest BCUT2D eigenvalue weighted by Gasteiger charge is 2.28. The Morgan fingerprint density at radius 2 is 1.90 bits per heavy atom. The summed E-state index contributed by atoms with van der Waals surface area (Å²) in [6, 6.07) is 16.4. The molecule has 2 aromatic carbocycles. The van der Waals surface area contributed by atoms with Crippen molar-refractivity contribution in [2.24, 2.45) is 5.73 Å². The second kappa shape index (κ2) is 8.46. The maximum atomic E-state index is 12.1. The Kier molecular flexibility index (Phi) is 5.58. The number of likely N-dealkylation sites (tertiary alicyclic amines) is 1. The van der Waals surface area contributed by atoms with E-state index in [1.165, 1.54) is 6.07 Å². The minimum atomic E-state index is -0.497. The molecule has 154 valence electrons. The van der Waals surface area contributed by atoms with Crippen molar-refractivity contribution in [1.29, 1.82) is 0 Å². The fraction of sp³-hybridized carbons (Fsp3) is 0.273. The third kappa shape index (κ3) is 4.08. The summed E-state index contributed by atoms with van der Waals surface area (Å²) in [6.07, 6.45) is 3.50. The van der Waals surface area contributed by atoms with Crippen molar-refractivity contribution in [3.8, 4) is 5.69 Å². The first-order valence-electron chi connectivity index (χ1n) is 9.92. The number of aromatic nitrogens is 2. The first-order valence-corrected chi connectivity index (χ1v) is 9.92. The third-order valence-corrected chi connectivity index (χ3v) is 5.50. The van der Waals surface area contributed by atoms with Crippen LogP contribution in [0.3, 0.4) is 0 Å². The van der Waals surface area contributed by atoms with Crippen LogP contribution >= 0.6 is 0 Å². The largest absolute Gasteiger partial charge is 0.365 e. The molecule has 30 heavy (non-hydrogen) atoms. The summed E-state index contributed by atoms with van der Waals surface area (Å²) in [5.41, 5.74) is 8.44. The summed E-state index contributed by atoms with van der Waals surface area (Å²) in [5.74, 6) is -0.461. The molecular weight excluding hydrogens is 382 g/mol. The van der Waals surface area contributed by atoms with Crippen LogP contribution in [0.2, 0.25) is 0 Å². The average Bonchev–Trinajstić information content (AvgIpc) is 3.21. The standard InChI is InChI=1S/C22H23N5O3/c23-22(28)19-15-26(18-9-2-1-3-10-18)24-21(19)17-8-6-12-25(14-17)13-16-7-4-5-11-20(16)27(29)30/h1-5,7,9-11,15,17H,6,8,12-14H2,(H2,23,28). The maximum absolute atomic E-state index is 12.1. The number of carbonyl (C=O) groups excluding carboxylic acids is 1. The van der Waals surface area contributed by atoms with Gasteiger partial charge in [-0.2, -0.15) is 5.10 Å². The molecule has 8 nitrogen and oxygen atoms in total. The molecule has 2 heterocycles. The molecule has 1 atom stereocenters. The highest BCUT2D eigenvalue weighted by Crippen LogP contribution is 2.30. The lowest BCUT2D eigenvalue weighted by molar-refractivity contribution is -0.385. The van der Waals surface area contributed by atoms with Gasteiger partial charge in [-0.3, -0.25) is 19.8 Å². The van der Waals surface area contributed by atoms with Crippen LogP contribution in [0.15, 0.2) is 60.8 Å². The fourth-order valence-electron chi connectivity index (χ4n) is 4.08. The fourth-order valence-corrected chi connectivity index (χ4v) is 4.08. The van der Waals surface area contributed by atoms with Crippen LogP contribution < -0.4 is 5.73 Å². The number of carbonyl (C=O) groups is 1. The van der Waals surface area contributed by atoms with E-state index in [-0.39, 0.29) is 16.5 Å². The summed E-state index contributed by atoms with van der Waals surface area (Å²) >= 11 is 0. The van der Waals surface area contributed by atoms with Gasteiger partial charge in [-0.25, -0.2) is 4.68 Å². The predicted octanol–water partition coefficient (Wildman–Crippen LogP) is 3.26. The van der Waals surface area contributed by atoms with Gasteiger partial charge in [-0.1, -0.05) is 36.4 Å². The molecule has 1 aliphatic heterocycles. The van der Waals surface area contributed by atoms with Crippen molar-refractivity contribution in [3.05, 3.63) is 87.7 Å². The van der Waals surface area contributed by atoms with E-state index in [0.717, 1.165) is 25.1 Å². The van der Waals surface area contributed by atoms with E-state index >= 15 is 0 Å². The van der Waals surface area contributed by atoms with Crippen molar-refractivity contribution in [1.82, 2.24) is 14.7 Å². The zero-order valence-electron chi connectivity index (χ0n) is 16.5. The number of hydrogen-bond donors (Lipinski definition) is 1. The van der Waals surface area contributed by atoms with Crippen LogP contribution in [-0.4, -0.2) is 38.6 Å². The van der Waals surface area contributed by atoms with E-state index in [4.69, 9.17) is 10.8 Å². The zero-order valence-corrected chi connectivity index (χ0v) is 16.5. The molecule has 1 amide bonds. The second-order valence-electron chi connectivity index (χ2n) is 7.53. The molecule has 0 radical (unpaired) electrons. The topological polar surface area (TPSA) is 107 Å². The number of para-hydroxylation sites is 2. The summed E-state index contributed by atoms with van der Waals surface area (Å²) < 4.78 is 1.69. The predicted molar refractivity (Wildman–Crippen MR) is 112 cm³/mol. The number of primary amides is 1. The molecule has 1 aliphatic rings. The van der Waals surface area contributed by atoms with Crippen LogP contribution in [0.4, 0.5) is 5.69 Å². The SMILES string of the molecule is NC(=O)c1cn(-c2ccccc2)nc1C1CCCN(Cc2ccccc2[N+](=O)[O-])C1. The molecular formula is C22H23N5O3. The third-order valence-electron chi connectivity index (χ3n) is 5.50. The number of nitro groups is 1. The van der Waals surface area contributed by atoms with Gasteiger partial charge in [0, 0.05) is 36.8 Å². The Labute approximate surface area is 174 Å². The van der Waals surface area contributed by atoms with Crippen molar-refractivity contribution in [2.75, 3.05) is 13.1 Å². The van der Waals surface area contributed by atoms with E-state index < -0.39 is 5.91 Å².